The molecule has 1 fully saturated rings. The number of nitrogens with zero attached hydrogens (tertiary/aromatic N) is 3. The first-order valence-corrected chi connectivity index (χ1v) is 11.7. The number of piperidine rings is 1. The van der Waals surface area contributed by atoms with Crippen molar-refractivity contribution in [2.24, 2.45) is 5.41 Å². The number of likely N-dealkylation sites (tertiary alicyclic amines) is 1. The Morgan fingerprint density at radius 3 is 2.64 bits per heavy atom. The quantitative estimate of drug-likeness (QED) is 0.659. The SMILES string of the molecule is CCCN1CCC(C#N)(NC(=O)[C@H](CC(C)(C)C)Nc2nc(=O)oc3ccc(C)cc23)CC1. The Morgan fingerprint density at radius 2 is 2.03 bits per heavy atom. The molecule has 1 atom stereocenters. The molecule has 0 saturated carbocycles. The molecule has 0 radical (unpaired) electrons. The van der Waals surface area contributed by atoms with Crippen LogP contribution in [0.4, 0.5) is 5.82 Å². The lowest BCUT2D eigenvalue weighted by Crippen LogP contribution is -2.57. The third-order valence-electron chi connectivity index (χ3n) is 6.06. The number of carbonyl (C=O) groups excluding carboxylic acids is 1. The number of carbonyl (C=O) groups is 1. The number of rotatable bonds is 7. The fraction of sp³-hybridized carbons (Fsp3) is 0.600. The number of hydrogen-bond donors (Lipinski definition) is 2. The van der Waals surface area contributed by atoms with E-state index in [2.05, 4.69) is 33.5 Å². The average Bonchev–Trinajstić information content (AvgIpc) is 2.74. The van der Waals surface area contributed by atoms with Crippen molar-refractivity contribution >= 4 is 22.7 Å². The van der Waals surface area contributed by atoms with Gasteiger partial charge in [0.15, 0.2) is 0 Å². The monoisotopic (exact) mass is 453 g/mol. The van der Waals surface area contributed by atoms with Crippen LogP contribution in [0.1, 0.15) is 58.9 Å². The van der Waals surface area contributed by atoms with Crippen LogP contribution in [0, 0.1) is 23.7 Å². The lowest BCUT2D eigenvalue weighted by molar-refractivity contribution is -0.124. The van der Waals surface area contributed by atoms with Crippen molar-refractivity contribution in [1.29, 1.82) is 5.26 Å². The predicted octanol–water partition coefficient (Wildman–Crippen LogP) is 3.60. The Bertz CT molecular complexity index is 1090. The molecule has 0 spiro atoms. The van der Waals surface area contributed by atoms with E-state index in [0.29, 0.717) is 36.0 Å². The standard InChI is InChI=1S/C25H35N5O3/c1-6-11-30-12-9-25(16-26,10-13-30)29-22(31)19(15-24(3,4)5)27-21-18-14-17(2)7-8-20(18)33-23(32)28-21/h7-8,14,19H,6,9-13,15H2,1-5H3,(H,29,31)(H,27,28,32)/t19-/m0/s1. The van der Waals surface area contributed by atoms with E-state index in [9.17, 15) is 14.9 Å². The van der Waals surface area contributed by atoms with Crippen LogP contribution in [0.5, 0.6) is 0 Å². The molecule has 0 bridgehead atoms. The van der Waals surface area contributed by atoms with Gasteiger partial charge >= 0.3 is 5.76 Å². The van der Waals surface area contributed by atoms with E-state index in [-0.39, 0.29) is 11.3 Å². The van der Waals surface area contributed by atoms with E-state index in [0.717, 1.165) is 31.6 Å². The average molecular weight is 454 g/mol. The molecule has 2 heterocycles. The summed E-state index contributed by atoms with van der Waals surface area (Å²) >= 11 is 0. The molecular weight excluding hydrogens is 418 g/mol. The van der Waals surface area contributed by atoms with Crippen LogP contribution < -0.4 is 16.4 Å². The lowest BCUT2D eigenvalue weighted by Gasteiger charge is -2.39. The second-order valence-corrected chi connectivity index (χ2v) is 10.3. The summed E-state index contributed by atoms with van der Waals surface area (Å²) in [6.07, 6.45) is 2.74. The zero-order valence-corrected chi connectivity index (χ0v) is 20.3. The first kappa shape index (κ1) is 24.7. The summed E-state index contributed by atoms with van der Waals surface area (Å²) in [6, 6.07) is 7.17. The maximum Gasteiger partial charge on any atom is 0.441 e. The van der Waals surface area contributed by atoms with Crippen LogP contribution in [0.15, 0.2) is 27.4 Å². The van der Waals surface area contributed by atoms with E-state index in [1.54, 1.807) is 6.07 Å². The van der Waals surface area contributed by atoms with Gasteiger partial charge in [0.2, 0.25) is 5.91 Å². The summed E-state index contributed by atoms with van der Waals surface area (Å²) in [4.78, 5) is 31.9. The molecule has 1 aliphatic rings. The minimum atomic E-state index is -0.888. The highest BCUT2D eigenvalue weighted by Crippen LogP contribution is 2.28. The zero-order valence-electron chi connectivity index (χ0n) is 20.3. The molecule has 33 heavy (non-hydrogen) atoms. The summed E-state index contributed by atoms with van der Waals surface area (Å²) < 4.78 is 5.23. The Labute approximate surface area is 195 Å². The van der Waals surface area contributed by atoms with Crippen molar-refractivity contribution in [3.63, 3.8) is 0 Å². The maximum atomic E-state index is 13.5. The molecule has 1 aliphatic heterocycles. The van der Waals surface area contributed by atoms with Crippen molar-refractivity contribution in [3.8, 4) is 6.07 Å². The van der Waals surface area contributed by atoms with E-state index < -0.39 is 17.3 Å². The topological polar surface area (TPSA) is 111 Å². The van der Waals surface area contributed by atoms with Crippen molar-refractivity contribution in [1.82, 2.24) is 15.2 Å². The van der Waals surface area contributed by atoms with Crippen molar-refractivity contribution < 1.29 is 9.21 Å². The molecule has 0 unspecified atom stereocenters. The number of nitrogens with one attached hydrogen (secondary N) is 2. The number of aryl methyl sites for hydroxylation is 1. The van der Waals surface area contributed by atoms with Gasteiger partial charge in [-0.2, -0.15) is 10.2 Å². The molecule has 1 saturated heterocycles. The van der Waals surface area contributed by atoms with Crippen molar-refractivity contribution in [2.45, 2.75) is 71.9 Å². The number of nitriles is 1. The van der Waals surface area contributed by atoms with E-state index in [1.807, 2.05) is 39.8 Å². The molecule has 8 nitrogen and oxygen atoms in total. The number of benzene rings is 1. The van der Waals surface area contributed by atoms with Gasteiger partial charge in [-0.3, -0.25) is 4.79 Å². The highest BCUT2D eigenvalue weighted by atomic mass is 16.4. The Morgan fingerprint density at radius 1 is 1.33 bits per heavy atom. The van der Waals surface area contributed by atoms with Gasteiger partial charge in [0.05, 0.1) is 11.5 Å². The fourth-order valence-corrected chi connectivity index (χ4v) is 4.35. The van der Waals surface area contributed by atoms with Gasteiger partial charge in [0.25, 0.3) is 0 Å². The second kappa shape index (κ2) is 9.92. The number of amides is 1. The van der Waals surface area contributed by atoms with Gasteiger partial charge in [0.1, 0.15) is 23.0 Å². The fourth-order valence-electron chi connectivity index (χ4n) is 4.35. The number of anilines is 1. The van der Waals surface area contributed by atoms with Crippen molar-refractivity contribution in [2.75, 3.05) is 25.0 Å². The molecular formula is C25H35N5O3. The molecule has 1 aromatic carbocycles. The smallest absolute Gasteiger partial charge is 0.408 e. The Kier molecular flexibility index (Phi) is 7.43. The van der Waals surface area contributed by atoms with Gasteiger partial charge in [-0.15, -0.1) is 0 Å². The van der Waals surface area contributed by atoms with E-state index >= 15 is 0 Å². The van der Waals surface area contributed by atoms with E-state index in [4.69, 9.17) is 4.42 Å². The van der Waals surface area contributed by atoms with Gasteiger partial charge in [-0.1, -0.05) is 39.3 Å². The summed E-state index contributed by atoms with van der Waals surface area (Å²) in [5, 5.41) is 16.8. The number of fused-ring (bicyclic) bond motifs is 1. The highest BCUT2D eigenvalue weighted by molar-refractivity contribution is 5.92. The van der Waals surface area contributed by atoms with Crippen LogP contribution in [0.25, 0.3) is 11.0 Å². The van der Waals surface area contributed by atoms with Gasteiger partial charge < -0.3 is 20.0 Å². The van der Waals surface area contributed by atoms with Crippen LogP contribution in [-0.4, -0.2) is 47.0 Å². The highest BCUT2D eigenvalue weighted by Gasteiger charge is 2.38. The summed E-state index contributed by atoms with van der Waals surface area (Å²) in [5.74, 6) is -0.662. The minimum absolute atomic E-state index is 0.176. The minimum Gasteiger partial charge on any atom is -0.408 e. The number of hydrogen-bond acceptors (Lipinski definition) is 7. The molecule has 2 aromatic rings. The first-order chi connectivity index (χ1) is 15.5. The molecule has 1 aromatic heterocycles. The predicted molar refractivity (Wildman–Crippen MR) is 129 cm³/mol. The van der Waals surface area contributed by atoms with Gasteiger partial charge in [-0.05, 0) is 56.7 Å². The molecule has 0 aliphatic carbocycles. The van der Waals surface area contributed by atoms with Crippen LogP contribution in [0.3, 0.4) is 0 Å². The summed E-state index contributed by atoms with van der Waals surface area (Å²) in [5.41, 5.74) is 0.334. The third kappa shape index (κ3) is 6.32. The van der Waals surface area contributed by atoms with E-state index in [1.165, 1.54) is 0 Å². The molecule has 3 rings (SSSR count). The lowest BCUT2D eigenvalue weighted by atomic mass is 9.85. The normalized spacial score (nSPS) is 17.3. The number of aromatic nitrogens is 1. The molecule has 8 heteroatoms. The second-order valence-electron chi connectivity index (χ2n) is 10.3. The van der Waals surface area contributed by atoms with Crippen molar-refractivity contribution in [3.05, 3.63) is 34.3 Å². The Hall–Kier alpha value is -2.92. The zero-order chi connectivity index (χ0) is 24.2. The summed E-state index contributed by atoms with van der Waals surface area (Å²) in [7, 11) is 0. The first-order valence-electron chi connectivity index (χ1n) is 11.7. The Balaban J connectivity index is 1.87. The van der Waals surface area contributed by atoms with Gasteiger partial charge in [0, 0.05) is 13.1 Å². The van der Waals surface area contributed by atoms with Crippen LogP contribution >= 0.6 is 0 Å². The summed E-state index contributed by atoms with van der Waals surface area (Å²) in [6.45, 7) is 12.8. The molecule has 2 N–H and O–H groups in total. The maximum absolute atomic E-state index is 13.5. The largest absolute Gasteiger partial charge is 0.441 e. The van der Waals surface area contributed by atoms with Crippen LogP contribution in [0.2, 0.25) is 0 Å². The van der Waals surface area contributed by atoms with Gasteiger partial charge in [-0.25, -0.2) is 4.79 Å². The third-order valence-corrected chi connectivity index (χ3v) is 6.06. The van der Waals surface area contributed by atoms with Crippen LogP contribution in [-0.2, 0) is 4.79 Å². The molecule has 178 valence electrons. The molecule has 1 amide bonds.